The van der Waals surface area contributed by atoms with Crippen molar-refractivity contribution in [3.63, 3.8) is 0 Å². The molecule has 1 aromatic carbocycles. The molecule has 4 heteroatoms. The molecule has 0 radical (unpaired) electrons. The van der Waals surface area contributed by atoms with Gasteiger partial charge in [0.15, 0.2) is 0 Å². The third-order valence-electron chi connectivity index (χ3n) is 4.89. The number of halogens is 3. The van der Waals surface area contributed by atoms with Gasteiger partial charge >= 0.3 is 0 Å². The fourth-order valence-corrected chi connectivity index (χ4v) is 4.34. The van der Waals surface area contributed by atoms with Crippen molar-refractivity contribution in [2.75, 3.05) is 0 Å². The van der Waals surface area contributed by atoms with Gasteiger partial charge in [-0.3, -0.25) is 0 Å². The Morgan fingerprint density at radius 1 is 1.26 bits per heavy atom. The average Bonchev–Trinajstić information content (AvgIpc) is 2.96. The summed E-state index contributed by atoms with van der Waals surface area (Å²) in [5.41, 5.74) is 6.12. The van der Waals surface area contributed by atoms with Crippen molar-refractivity contribution in [2.24, 2.45) is 23.5 Å². The minimum Gasteiger partial charge on any atom is -0.324 e. The van der Waals surface area contributed by atoms with Gasteiger partial charge in [-0.1, -0.05) is 6.42 Å². The predicted octanol–water partition coefficient (Wildman–Crippen LogP) is 4.55. The minimum atomic E-state index is -0.546. The van der Waals surface area contributed by atoms with E-state index in [4.69, 9.17) is 5.73 Å². The van der Waals surface area contributed by atoms with Gasteiger partial charge in [0.1, 0.15) is 11.6 Å². The quantitative estimate of drug-likeness (QED) is 0.808. The normalized spacial score (nSPS) is 30.8. The molecule has 0 aliphatic heterocycles. The molecule has 2 bridgehead atoms. The van der Waals surface area contributed by atoms with Gasteiger partial charge in [-0.25, -0.2) is 8.78 Å². The van der Waals surface area contributed by atoms with E-state index in [0.29, 0.717) is 12.3 Å². The lowest BCUT2D eigenvalue weighted by Gasteiger charge is -2.25. The highest BCUT2D eigenvalue weighted by atomic mass is 79.9. The van der Waals surface area contributed by atoms with Crippen LogP contribution >= 0.6 is 15.9 Å². The summed E-state index contributed by atoms with van der Waals surface area (Å²) < 4.78 is 28.1. The number of fused-ring (bicyclic) bond motifs is 2. The summed E-state index contributed by atoms with van der Waals surface area (Å²) in [5.74, 6) is 1.03. The Kier molecular flexibility index (Phi) is 3.65. The zero-order valence-corrected chi connectivity index (χ0v) is 12.3. The molecule has 0 aromatic heterocycles. The first-order valence-electron chi connectivity index (χ1n) is 6.95. The maximum atomic E-state index is 14.0. The molecule has 4 unspecified atom stereocenters. The van der Waals surface area contributed by atoms with Crippen LogP contribution in [0, 0.1) is 29.4 Å². The van der Waals surface area contributed by atoms with E-state index < -0.39 is 17.7 Å². The molecule has 0 saturated heterocycles. The zero-order valence-electron chi connectivity index (χ0n) is 10.7. The zero-order chi connectivity index (χ0) is 13.6. The van der Waals surface area contributed by atoms with Gasteiger partial charge < -0.3 is 5.73 Å². The molecule has 2 saturated carbocycles. The van der Waals surface area contributed by atoms with Crippen molar-refractivity contribution in [1.29, 1.82) is 0 Å². The van der Waals surface area contributed by atoms with Gasteiger partial charge in [0.05, 0.1) is 4.47 Å². The third kappa shape index (κ3) is 2.45. The van der Waals surface area contributed by atoms with Gasteiger partial charge in [-0.2, -0.15) is 0 Å². The maximum Gasteiger partial charge on any atom is 0.145 e. The summed E-state index contributed by atoms with van der Waals surface area (Å²) in [5, 5.41) is 0. The average molecular weight is 330 g/mol. The van der Waals surface area contributed by atoms with Crippen LogP contribution in [-0.2, 0) is 0 Å². The van der Waals surface area contributed by atoms with Crippen LogP contribution in [0.2, 0.25) is 0 Å². The lowest BCUT2D eigenvalue weighted by atomic mass is 9.83. The van der Waals surface area contributed by atoms with Crippen LogP contribution in [0.3, 0.4) is 0 Å². The molecule has 2 fully saturated rings. The lowest BCUT2D eigenvalue weighted by Crippen LogP contribution is -2.21. The number of benzene rings is 1. The van der Waals surface area contributed by atoms with E-state index in [2.05, 4.69) is 15.9 Å². The molecule has 2 N–H and O–H groups in total. The van der Waals surface area contributed by atoms with Crippen LogP contribution in [0.15, 0.2) is 16.6 Å². The first-order valence-corrected chi connectivity index (χ1v) is 7.74. The van der Waals surface area contributed by atoms with Gasteiger partial charge in [0.2, 0.25) is 0 Å². The van der Waals surface area contributed by atoms with Crippen LogP contribution in [-0.4, -0.2) is 0 Å². The molecule has 19 heavy (non-hydrogen) atoms. The second-order valence-corrected chi connectivity index (χ2v) is 6.89. The van der Waals surface area contributed by atoms with Crippen LogP contribution in [0.5, 0.6) is 0 Å². The second kappa shape index (κ2) is 5.13. The summed E-state index contributed by atoms with van der Waals surface area (Å²) in [4.78, 5) is 0. The molecule has 2 aliphatic rings. The first-order chi connectivity index (χ1) is 9.06. The lowest BCUT2D eigenvalue weighted by molar-refractivity contribution is 0.292. The van der Waals surface area contributed by atoms with Gasteiger partial charge in [0, 0.05) is 11.6 Å². The highest BCUT2D eigenvalue weighted by Gasteiger charge is 2.40. The third-order valence-corrected chi connectivity index (χ3v) is 5.50. The van der Waals surface area contributed by atoms with E-state index in [1.165, 1.54) is 37.8 Å². The fraction of sp³-hybridized carbons (Fsp3) is 0.600. The van der Waals surface area contributed by atoms with E-state index in [0.717, 1.165) is 11.8 Å². The Bertz CT molecular complexity index is 491. The second-order valence-electron chi connectivity index (χ2n) is 6.03. The SMILES string of the molecule is NC(CC1CC2CCC1C2)c1c(F)ccc(Br)c1F. The number of hydrogen-bond acceptors (Lipinski definition) is 1. The smallest absolute Gasteiger partial charge is 0.145 e. The topological polar surface area (TPSA) is 26.0 Å². The van der Waals surface area contributed by atoms with Crippen LogP contribution in [0.4, 0.5) is 8.78 Å². The van der Waals surface area contributed by atoms with Crippen molar-refractivity contribution in [2.45, 2.75) is 38.1 Å². The molecular weight excluding hydrogens is 312 g/mol. The maximum absolute atomic E-state index is 14.0. The Labute approximate surface area is 120 Å². The van der Waals surface area contributed by atoms with E-state index in [1.807, 2.05) is 0 Å². The summed E-state index contributed by atoms with van der Waals surface area (Å²) in [6.07, 6.45) is 5.78. The molecule has 0 heterocycles. The van der Waals surface area contributed by atoms with Crippen LogP contribution in [0.1, 0.15) is 43.7 Å². The van der Waals surface area contributed by atoms with E-state index in [9.17, 15) is 8.78 Å². The molecule has 104 valence electrons. The summed E-state index contributed by atoms with van der Waals surface area (Å²) >= 11 is 3.10. The Hall–Kier alpha value is -0.480. The molecule has 3 rings (SSSR count). The Morgan fingerprint density at radius 3 is 2.68 bits per heavy atom. The van der Waals surface area contributed by atoms with Crippen molar-refractivity contribution >= 4 is 15.9 Å². The van der Waals surface area contributed by atoms with Crippen molar-refractivity contribution in [3.05, 3.63) is 33.8 Å². The summed E-state index contributed by atoms with van der Waals surface area (Å²) in [7, 11) is 0. The summed E-state index contributed by atoms with van der Waals surface area (Å²) in [6.45, 7) is 0. The molecule has 1 nitrogen and oxygen atoms in total. The van der Waals surface area contributed by atoms with E-state index in [1.54, 1.807) is 0 Å². The highest BCUT2D eigenvalue weighted by molar-refractivity contribution is 9.10. The van der Waals surface area contributed by atoms with Crippen molar-refractivity contribution in [3.8, 4) is 0 Å². The monoisotopic (exact) mass is 329 g/mol. The standard InChI is InChI=1S/C15H18BrF2N/c16-11-3-4-12(17)14(15(11)18)13(19)7-10-6-8-1-2-9(10)5-8/h3-4,8-10,13H,1-2,5-7,19H2. The molecule has 4 atom stereocenters. The first kappa shape index (κ1) is 13.5. The van der Waals surface area contributed by atoms with Crippen LogP contribution in [0.25, 0.3) is 0 Å². The number of hydrogen-bond donors (Lipinski definition) is 1. The van der Waals surface area contributed by atoms with E-state index in [-0.39, 0.29) is 10.0 Å². The van der Waals surface area contributed by atoms with Crippen molar-refractivity contribution in [1.82, 2.24) is 0 Å². The van der Waals surface area contributed by atoms with E-state index >= 15 is 0 Å². The van der Waals surface area contributed by atoms with Gasteiger partial charge in [-0.15, -0.1) is 0 Å². The highest BCUT2D eigenvalue weighted by Crippen LogP contribution is 2.50. The largest absolute Gasteiger partial charge is 0.324 e. The number of nitrogens with two attached hydrogens (primary N) is 1. The summed E-state index contributed by atoms with van der Waals surface area (Å²) in [6, 6.07) is 2.13. The fourth-order valence-electron chi connectivity index (χ4n) is 3.99. The molecular formula is C15H18BrF2N. The number of rotatable bonds is 3. The molecule has 2 aliphatic carbocycles. The Morgan fingerprint density at radius 2 is 2.05 bits per heavy atom. The van der Waals surface area contributed by atoms with Gasteiger partial charge in [0.25, 0.3) is 0 Å². The molecule has 1 aromatic rings. The van der Waals surface area contributed by atoms with Crippen molar-refractivity contribution < 1.29 is 8.78 Å². The minimum absolute atomic E-state index is 0.0390. The van der Waals surface area contributed by atoms with Crippen LogP contribution < -0.4 is 5.73 Å². The predicted molar refractivity (Wildman–Crippen MR) is 74.5 cm³/mol. The molecule has 0 spiro atoms. The van der Waals surface area contributed by atoms with Gasteiger partial charge in [-0.05, 0) is 71.5 Å². The molecule has 0 amide bonds. The Balaban J connectivity index is 1.77.